The molecule has 0 aliphatic carbocycles. The standard InChI is InChI=1S/C17H13BrNO/c18-15-8-3-6-14(11-15)17(20)12-19-10-4-7-13-5-1-2-9-16(13)19/h1-11H,12H2/q+1. The fourth-order valence-corrected chi connectivity index (χ4v) is 2.67. The molecule has 1 heterocycles. The first kappa shape index (κ1) is 13.0. The second-order valence-corrected chi connectivity index (χ2v) is 5.54. The highest BCUT2D eigenvalue weighted by Gasteiger charge is 2.15. The lowest BCUT2D eigenvalue weighted by molar-refractivity contribution is -0.657. The van der Waals surface area contributed by atoms with Gasteiger partial charge in [-0.2, -0.15) is 4.57 Å². The van der Waals surface area contributed by atoms with Crippen LogP contribution >= 0.6 is 15.9 Å². The number of nitrogens with zero attached hydrogens (tertiary/aromatic N) is 1. The molecule has 3 rings (SSSR count). The second kappa shape index (κ2) is 5.55. The van der Waals surface area contributed by atoms with Crippen molar-refractivity contribution in [2.45, 2.75) is 6.54 Å². The van der Waals surface area contributed by atoms with Crippen molar-refractivity contribution in [3.63, 3.8) is 0 Å². The lowest BCUT2D eigenvalue weighted by Crippen LogP contribution is -2.38. The van der Waals surface area contributed by atoms with Gasteiger partial charge in [0.1, 0.15) is 0 Å². The summed E-state index contributed by atoms with van der Waals surface area (Å²) in [5, 5.41) is 1.14. The fraction of sp³-hybridized carbons (Fsp3) is 0.0588. The van der Waals surface area contributed by atoms with E-state index in [2.05, 4.69) is 28.1 Å². The molecule has 0 N–H and O–H groups in total. The predicted molar refractivity (Wildman–Crippen MR) is 82.6 cm³/mol. The average Bonchev–Trinajstić information content (AvgIpc) is 2.47. The third kappa shape index (κ3) is 2.63. The number of benzene rings is 2. The number of carbonyl (C=O) groups is 1. The minimum atomic E-state index is 0.104. The molecule has 0 unspecified atom stereocenters. The minimum Gasteiger partial charge on any atom is -0.287 e. The van der Waals surface area contributed by atoms with Gasteiger partial charge in [0, 0.05) is 27.6 Å². The first-order valence-corrected chi connectivity index (χ1v) is 7.19. The minimum absolute atomic E-state index is 0.104. The summed E-state index contributed by atoms with van der Waals surface area (Å²) in [7, 11) is 0. The van der Waals surface area contributed by atoms with E-state index in [1.807, 2.05) is 59.3 Å². The van der Waals surface area contributed by atoms with Gasteiger partial charge in [-0.15, -0.1) is 0 Å². The van der Waals surface area contributed by atoms with Crippen molar-refractivity contribution in [1.29, 1.82) is 0 Å². The quantitative estimate of drug-likeness (QED) is 0.530. The highest BCUT2D eigenvalue weighted by atomic mass is 79.9. The number of hydrogen-bond acceptors (Lipinski definition) is 1. The van der Waals surface area contributed by atoms with Gasteiger partial charge in [0.25, 0.3) is 0 Å². The van der Waals surface area contributed by atoms with Crippen molar-refractivity contribution >= 4 is 32.6 Å². The van der Waals surface area contributed by atoms with Gasteiger partial charge in [-0.3, -0.25) is 4.79 Å². The van der Waals surface area contributed by atoms with E-state index in [1.165, 1.54) is 0 Å². The predicted octanol–water partition coefficient (Wildman–Crippen LogP) is 3.77. The van der Waals surface area contributed by atoms with Crippen LogP contribution in [0.25, 0.3) is 10.9 Å². The van der Waals surface area contributed by atoms with Crippen LogP contribution in [0, 0.1) is 0 Å². The van der Waals surface area contributed by atoms with Gasteiger partial charge in [0.05, 0.1) is 0 Å². The maximum atomic E-state index is 12.4. The molecule has 0 saturated heterocycles. The van der Waals surface area contributed by atoms with Gasteiger partial charge in [-0.05, 0) is 24.3 Å². The van der Waals surface area contributed by atoms with Crippen LogP contribution in [0.15, 0.2) is 71.3 Å². The Kier molecular flexibility index (Phi) is 3.61. The molecule has 20 heavy (non-hydrogen) atoms. The first-order chi connectivity index (χ1) is 9.74. The number of pyridine rings is 1. The molecule has 0 bridgehead atoms. The van der Waals surface area contributed by atoms with E-state index in [-0.39, 0.29) is 5.78 Å². The van der Waals surface area contributed by atoms with Crippen molar-refractivity contribution in [3.8, 4) is 0 Å². The lowest BCUT2D eigenvalue weighted by atomic mass is 10.1. The molecule has 0 aliphatic heterocycles. The Morgan fingerprint density at radius 2 is 1.80 bits per heavy atom. The number of halogens is 1. The van der Waals surface area contributed by atoms with Crippen LogP contribution in [-0.2, 0) is 6.54 Å². The molecule has 2 nitrogen and oxygen atoms in total. The smallest absolute Gasteiger partial charge is 0.227 e. The van der Waals surface area contributed by atoms with Crippen molar-refractivity contribution < 1.29 is 9.36 Å². The molecule has 2 aromatic carbocycles. The zero-order valence-corrected chi connectivity index (χ0v) is 12.4. The van der Waals surface area contributed by atoms with Crippen LogP contribution in [0.1, 0.15) is 10.4 Å². The van der Waals surface area contributed by atoms with Crippen molar-refractivity contribution in [1.82, 2.24) is 0 Å². The molecule has 3 heteroatoms. The van der Waals surface area contributed by atoms with Gasteiger partial charge in [0.2, 0.25) is 17.8 Å². The molecule has 0 radical (unpaired) electrons. The molecule has 0 amide bonds. The Morgan fingerprint density at radius 1 is 1.00 bits per heavy atom. The number of ketones is 1. The van der Waals surface area contributed by atoms with E-state index in [0.717, 1.165) is 20.9 Å². The van der Waals surface area contributed by atoms with Gasteiger partial charge < -0.3 is 0 Å². The Morgan fingerprint density at radius 3 is 2.65 bits per heavy atom. The number of para-hydroxylation sites is 1. The third-order valence-electron chi connectivity index (χ3n) is 3.25. The Labute approximate surface area is 125 Å². The Hall–Kier alpha value is -2.00. The number of aromatic nitrogens is 1. The van der Waals surface area contributed by atoms with E-state index >= 15 is 0 Å². The van der Waals surface area contributed by atoms with Crippen LogP contribution in [0.2, 0.25) is 0 Å². The van der Waals surface area contributed by atoms with E-state index < -0.39 is 0 Å². The molecular weight excluding hydrogens is 314 g/mol. The average molecular weight is 327 g/mol. The van der Waals surface area contributed by atoms with Crippen molar-refractivity contribution in [3.05, 3.63) is 76.9 Å². The second-order valence-electron chi connectivity index (χ2n) is 4.63. The highest BCUT2D eigenvalue weighted by molar-refractivity contribution is 9.10. The normalized spacial score (nSPS) is 10.7. The van der Waals surface area contributed by atoms with E-state index in [1.54, 1.807) is 0 Å². The van der Waals surface area contributed by atoms with Crippen LogP contribution < -0.4 is 4.57 Å². The number of rotatable bonds is 3. The molecular formula is C17H13BrNO+. The van der Waals surface area contributed by atoms with Crippen LogP contribution in [0.4, 0.5) is 0 Å². The van der Waals surface area contributed by atoms with Gasteiger partial charge >= 0.3 is 0 Å². The molecule has 0 saturated carbocycles. The molecule has 0 spiro atoms. The number of fused-ring (bicyclic) bond motifs is 1. The summed E-state index contributed by atoms with van der Waals surface area (Å²) in [6.07, 6.45) is 1.94. The lowest BCUT2D eigenvalue weighted by Gasteiger charge is -2.02. The largest absolute Gasteiger partial charge is 0.287 e. The molecule has 1 aromatic heterocycles. The SMILES string of the molecule is O=C(C[n+]1cccc2ccccc21)c1cccc(Br)c1. The third-order valence-corrected chi connectivity index (χ3v) is 3.74. The number of carbonyl (C=O) groups excluding carboxylic acids is 1. The van der Waals surface area contributed by atoms with Crippen molar-refractivity contribution in [2.24, 2.45) is 0 Å². The summed E-state index contributed by atoms with van der Waals surface area (Å²) in [5.74, 6) is 0.104. The molecule has 3 aromatic rings. The monoisotopic (exact) mass is 326 g/mol. The Bertz CT molecular complexity index is 777. The summed E-state index contributed by atoms with van der Waals surface area (Å²) in [4.78, 5) is 12.4. The van der Waals surface area contributed by atoms with Crippen LogP contribution in [0.5, 0.6) is 0 Å². The van der Waals surface area contributed by atoms with Gasteiger partial charge in [0.15, 0.2) is 6.20 Å². The summed E-state index contributed by atoms with van der Waals surface area (Å²) < 4.78 is 2.91. The zero-order valence-electron chi connectivity index (χ0n) is 10.8. The fourth-order valence-electron chi connectivity index (χ4n) is 2.27. The number of hydrogen-bond donors (Lipinski definition) is 0. The van der Waals surface area contributed by atoms with Crippen LogP contribution in [-0.4, -0.2) is 5.78 Å². The van der Waals surface area contributed by atoms with E-state index in [9.17, 15) is 4.79 Å². The maximum absolute atomic E-state index is 12.4. The van der Waals surface area contributed by atoms with Gasteiger partial charge in [-0.25, -0.2) is 0 Å². The highest BCUT2D eigenvalue weighted by Crippen LogP contribution is 2.13. The topological polar surface area (TPSA) is 20.9 Å². The maximum Gasteiger partial charge on any atom is 0.227 e. The first-order valence-electron chi connectivity index (χ1n) is 6.40. The van der Waals surface area contributed by atoms with E-state index in [0.29, 0.717) is 6.54 Å². The summed E-state index contributed by atoms with van der Waals surface area (Å²) in [5.41, 5.74) is 1.79. The van der Waals surface area contributed by atoms with Crippen molar-refractivity contribution in [2.75, 3.05) is 0 Å². The van der Waals surface area contributed by atoms with Gasteiger partial charge in [-0.1, -0.05) is 40.2 Å². The molecule has 98 valence electrons. The van der Waals surface area contributed by atoms with Crippen LogP contribution in [0.3, 0.4) is 0 Å². The molecule has 0 atom stereocenters. The molecule has 0 fully saturated rings. The Balaban J connectivity index is 1.95. The summed E-state index contributed by atoms with van der Waals surface area (Å²) in [6.45, 7) is 0.345. The molecule has 0 aliphatic rings. The summed E-state index contributed by atoms with van der Waals surface area (Å²) in [6, 6.07) is 19.6. The number of Topliss-reactive ketones (excluding diaryl/α,β-unsaturated/α-hetero) is 1. The summed E-state index contributed by atoms with van der Waals surface area (Å²) >= 11 is 3.40. The van der Waals surface area contributed by atoms with E-state index in [4.69, 9.17) is 0 Å². The zero-order chi connectivity index (χ0) is 13.9.